The average Bonchev–Trinajstić information content (AvgIpc) is 2.48. The molecule has 3 heteroatoms. The van der Waals surface area contributed by atoms with Crippen LogP contribution in [0.4, 0.5) is 0 Å². The summed E-state index contributed by atoms with van der Waals surface area (Å²) in [6.45, 7) is 4.69. The van der Waals surface area contributed by atoms with E-state index in [1.165, 1.54) is 5.56 Å². The average molecular weight is 252 g/mol. The number of pyridine rings is 1. The summed E-state index contributed by atoms with van der Waals surface area (Å²) in [5.74, 6) is 0.897. The van der Waals surface area contributed by atoms with Crippen LogP contribution in [0.15, 0.2) is 42.6 Å². The largest absolute Gasteiger partial charge is 0.478 e. The van der Waals surface area contributed by atoms with Crippen molar-refractivity contribution >= 4 is 0 Å². The lowest BCUT2D eigenvalue weighted by molar-refractivity contribution is 0.326. The molecule has 0 spiro atoms. The molecule has 0 saturated heterocycles. The number of aromatic nitrogens is 1. The molecule has 1 atom stereocenters. The first kappa shape index (κ1) is 13.1. The van der Waals surface area contributed by atoms with Gasteiger partial charge < -0.3 is 4.74 Å². The molecule has 1 aromatic heterocycles. The molecule has 19 heavy (non-hydrogen) atoms. The van der Waals surface area contributed by atoms with Crippen LogP contribution in [0.25, 0.3) is 0 Å². The van der Waals surface area contributed by atoms with E-state index in [2.05, 4.69) is 18.0 Å². The molecule has 0 aliphatic rings. The highest BCUT2D eigenvalue weighted by molar-refractivity contribution is 5.37. The van der Waals surface area contributed by atoms with Gasteiger partial charge in [-0.1, -0.05) is 25.1 Å². The van der Waals surface area contributed by atoms with Crippen molar-refractivity contribution in [2.75, 3.05) is 6.61 Å². The van der Waals surface area contributed by atoms with Crippen LogP contribution in [0, 0.1) is 11.3 Å². The van der Waals surface area contributed by atoms with Crippen molar-refractivity contribution in [3.63, 3.8) is 0 Å². The minimum Gasteiger partial charge on any atom is -0.478 e. The Labute approximate surface area is 113 Å². The summed E-state index contributed by atoms with van der Waals surface area (Å²) in [5, 5.41) is 8.79. The smallest absolute Gasteiger partial charge is 0.213 e. The highest BCUT2D eigenvalue weighted by Crippen LogP contribution is 2.24. The first-order chi connectivity index (χ1) is 9.24. The summed E-state index contributed by atoms with van der Waals surface area (Å²) >= 11 is 0. The Kier molecular flexibility index (Phi) is 4.15. The Morgan fingerprint density at radius 3 is 2.37 bits per heavy atom. The van der Waals surface area contributed by atoms with Gasteiger partial charge in [-0.3, -0.25) is 0 Å². The number of rotatable bonds is 4. The molecule has 2 aromatic rings. The van der Waals surface area contributed by atoms with Gasteiger partial charge in [-0.05, 0) is 30.2 Å². The van der Waals surface area contributed by atoms with Gasteiger partial charge in [-0.25, -0.2) is 4.98 Å². The van der Waals surface area contributed by atoms with Crippen LogP contribution < -0.4 is 4.74 Å². The van der Waals surface area contributed by atoms with Gasteiger partial charge in [0.25, 0.3) is 0 Å². The summed E-state index contributed by atoms with van der Waals surface area (Å²) in [5.41, 5.74) is 2.99. The summed E-state index contributed by atoms with van der Waals surface area (Å²) in [4.78, 5) is 4.27. The maximum Gasteiger partial charge on any atom is 0.213 e. The van der Waals surface area contributed by atoms with Crippen molar-refractivity contribution < 1.29 is 4.74 Å². The fourth-order valence-corrected chi connectivity index (χ4v) is 1.92. The number of hydrogen-bond donors (Lipinski definition) is 0. The molecule has 96 valence electrons. The highest BCUT2D eigenvalue weighted by Gasteiger charge is 2.09. The van der Waals surface area contributed by atoms with E-state index < -0.39 is 0 Å². The molecular weight excluding hydrogens is 236 g/mol. The molecule has 0 aliphatic heterocycles. The maximum absolute atomic E-state index is 8.79. The third-order valence-corrected chi connectivity index (χ3v) is 3.09. The second kappa shape index (κ2) is 6.01. The third-order valence-electron chi connectivity index (χ3n) is 3.09. The van der Waals surface area contributed by atoms with E-state index in [4.69, 9.17) is 10.00 Å². The first-order valence-electron chi connectivity index (χ1n) is 6.33. The van der Waals surface area contributed by atoms with E-state index >= 15 is 0 Å². The van der Waals surface area contributed by atoms with Crippen molar-refractivity contribution in [2.45, 2.75) is 19.8 Å². The van der Waals surface area contributed by atoms with E-state index in [0.717, 1.165) is 5.56 Å². The van der Waals surface area contributed by atoms with E-state index in [-0.39, 0.29) is 5.92 Å². The van der Waals surface area contributed by atoms with E-state index in [9.17, 15) is 0 Å². The van der Waals surface area contributed by atoms with Gasteiger partial charge in [0.15, 0.2) is 0 Å². The fraction of sp³-hybridized carbons (Fsp3) is 0.250. The van der Waals surface area contributed by atoms with Gasteiger partial charge >= 0.3 is 0 Å². The summed E-state index contributed by atoms with van der Waals surface area (Å²) in [7, 11) is 0. The minimum atomic E-state index is 0.246. The quantitative estimate of drug-likeness (QED) is 0.836. The van der Waals surface area contributed by atoms with Gasteiger partial charge in [0.05, 0.1) is 18.2 Å². The molecule has 0 fully saturated rings. The topological polar surface area (TPSA) is 45.9 Å². The normalized spacial score (nSPS) is 11.6. The molecule has 0 bridgehead atoms. The minimum absolute atomic E-state index is 0.246. The Morgan fingerprint density at radius 1 is 1.16 bits per heavy atom. The molecule has 0 N–H and O–H groups in total. The molecule has 1 aromatic carbocycles. The Morgan fingerprint density at radius 2 is 1.84 bits per heavy atom. The summed E-state index contributed by atoms with van der Waals surface area (Å²) in [6, 6.07) is 13.7. The lowest BCUT2D eigenvalue weighted by atomic mass is 9.94. The number of benzene rings is 1. The number of hydrogen-bond acceptors (Lipinski definition) is 3. The second-order valence-corrected chi connectivity index (χ2v) is 4.32. The molecule has 0 aliphatic carbocycles. The molecule has 1 heterocycles. The van der Waals surface area contributed by atoms with Crippen LogP contribution in [0.5, 0.6) is 5.88 Å². The summed E-state index contributed by atoms with van der Waals surface area (Å²) in [6.07, 6.45) is 1.84. The van der Waals surface area contributed by atoms with Gasteiger partial charge in [0, 0.05) is 18.2 Å². The molecule has 1 unspecified atom stereocenters. The molecule has 3 nitrogen and oxygen atoms in total. The van der Waals surface area contributed by atoms with E-state index in [1.807, 2.05) is 49.5 Å². The molecular formula is C16H16N2O. The molecule has 2 rings (SSSR count). The Bertz CT molecular complexity index is 567. The predicted octanol–water partition coefficient (Wildman–Crippen LogP) is 3.50. The van der Waals surface area contributed by atoms with Gasteiger partial charge in [0.1, 0.15) is 0 Å². The van der Waals surface area contributed by atoms with Gasteiger partial charge in [-0.15, -0.1) is 0 Å². The van der Waals surface area contributed by atoms with Crippen LogP contribution in [-0.2, 0) is 0 Å². The number of ether oxygens (including phenoxy) is 1. The molecule has 0 amide bonds. The fourth-order valence-electron chi connectivity index (χ4n) is 1.92. The van der Waals surface area contributed by atoms with Crippen molar-refractivity contribution in [1.82, 2.24) is 4.98 Å². The lowest BCUT2D eigenvalue weighted by Crippen LogP contribution is -1.99. The standard InChI is InChI=1S/C16H16N2O/c1-3-19-16-9-8-15(11-18-16)12(2)14-6-4-13(10-17)5-7-14/h4-9,11-12H,3H2,1-2H3. The van der Waals surface area contributed by atoms with Crippen LogP contribution in [-0.4, -0.2) is 11.6 Å². The lowest BCUT2D eigenvalue weighted by Gasteiger charge is -2.12. The second-order valence-electron chi connectivity index (χ2n) is 4.32. The molecule has 0 saturated carbocycles. The van der Waals surface area contributed by atoms with Crippen molar-refractivity contribution in [1.29, 1.82) is 5.26 Å². The predicted molar refractivity (Wildman–Crippen MR) is 74.1 cm³/mol. The Balaban J connectivity index is 2.18. The van der Waals surface area contributed by atoms with Crippen molar-refractivity contribution in [3.8, 4) is 11.9 Å². The maximum atomic E-state index is 8.79. The SMILES string of the molecule is CCOc1ccc(C(C)c2ccc(C#N)cc2)cn1. The number of nitriles is 1. The van der Waals surface area contributed by atoms with Gasteiger partial charge in [0.2, 0.25) is 5.88 Å². The summed E-state index contributed by atoms with van der Waals surface area (Å²) < 4.78 is 5.33. The van der Waals surface area contributed by atoms with Crippen molar-refractivity contribution in [2.24, 2.45) is 0 Å². The zero-order chi connectivity index (χ0) is 13.7. The number of nitrogens with zero attached hydrogens (tertiary/aromatic N) is 2. The zero-order valence-electron chi connectivity index (χ0n) is 11.1. The highest BCUT2D eigenvalue weighted by atomic mass is 16.5. The Hall–Kier alpha value is -2.34. The third kappa shape index (κ3) is 3.11. The van der Waals surface area contributed by atoms with Crippen LogP contribution in [0.3, 0.4) is 0 Å². The monoisotopic (exact) mass is 252 g/mol. The van der Waals surface area contributed by atoms with E-state index in [0.29, 0.717) is 18.1 Å². The van der Waals surface area contributed by atoms with E-state index in [1.54, 1.807) is 0 Å². The zero-order valence-corrected chi connectivity index (χ0v) is 11.1. The van der Waals surface area contributed by atoms with Crippen LogP contribution in [0.1, 0.15) is 36.5 Å². The van der Waals surface area contributed by atoms with Crippen LogP contribution in [0.2, 0.25) is 0 Å². The van der Waals surface area contributed by atoms with Crippen molar-refractivity contribution in [3.05, 3.63) is 59.3 Å². The van der Waals surface area contributed by atoms with Crippen LogP contribution >= 0.6 is 0 Å². The first-order valence-corrected chi connectivity index (χ1v) is 6.33. The van der Waals surface area contributed by atoms with Gasteiger partial charge in [-0.2, -0.15) is 5.26 Å². The molecule has 0 radical (unpaired) electrons.